The van der Waals surface area contributed by atoms with E-state index in [1.165, 1.54) is 44.9 Å². The minimum absolute atomic E-state index is 0.00739. The van der Waals surface area contributed by atoms with Gasteiger partial charge in [-0.15, -0.1) is 0 Å². The molecule has 59 heavy (non-hydrogen) atoms. The van der Waals surface area contributed by atoms with Gasteiger partial charge in [-0.3, -0.25) is 18.6 Å². The van der Waals surface area contributed by atoms with E-state index in [1.807, 2.05) is 70.6 Å². The van der Waals surface area contributed by atoms with E-state index in [2.05, 4.69) is 49.5 Å². The van der Waals surface area contributed by atoms with Crippen LogP contribution in [0.5, 0.6) is 0 Å². The van der Waals surface area contributed by atoms with Crippen LogP contribution in [0.4, 0.5) is 0 Å². The largest absolute Gasteiger partial charge is 0.472 e. The minimum atomic E-state index is -4.41. The Morgan fingerprint density at radius 2 is 1.17 bits per heavy atom. The zero-order valence-electron chi connectivity index (χ0n) is 37.6. The first-order chi connectivity index (χ1) is 28.4. The highest BCUT2D eigenvalue weighted by molar-refractivity contribution is 7.47. The average molecular weight is 849 g/mol. The molecular weight excluding hydrogens is 766 g/mol. The van der Waals surface area contributed by atoms with E-state index in [-0.39, 0.29) is 26.1 Å². The third kappa shape index (κ3) is 43.1. The van der Waals surface area contributed by atoms with Gasteiger partial charge in [0, 0.05) is 12.8 Å². The number of nitrogens with zero attached hydrogens (tertiary/aromatic N) is 1. The smallest absolute Gasteiger partial charge is 0.462 e. The van der Waals surface area contributed by atoms with Crippen LogP contribution < -0.4 is 0 Å². The monoisotopic (exact) mass is 849 g/mol. The molecular formula is C48H83NO9P+. The Balaban J connectivity index is 4.51. The first-order valence-electron chi connectivity index (χ1n) is 22.4. The van der Waals surface area contributed by atoms with Crippen LogP contribution in [0.25, 0.3) is 0 Å². The molecule has 2 N–H and O–H groups in total. The topological polar surface area (TPSA) is 129 Å². The van der Waals surface area contributed by atoms with Crippen molar-refractivity contribution in [3.8, 4) is 0 Å². The molecule has 0 aromatic rings. The standard InChI is InChI=1S/C48H82NO9P/c1-6-8-10-11-12-13-14-15-16-17-18-19-23-26-29-32-35-39-47(51)55-43-46(44-57-59(53,54)56-42-41-49(3,4)5)58-48(52)40-36-33-30-27-24-21-20-22-25-28-31-34-38-45(50)37-9-7-2/h9,12-13,15-16,20-21,25,27-28,30-31,34,37,45-46,50H,6-8,10-11,14,17-19,22-24,26,29,32-33,35-36,38-44H2,1-5H3/p+1/b13-12-,16-15-,21-20-,28-25-,30-27-,34-31+,37-9-/t45?,46-/m1/s1. The molecule has 0 rings (SSSR count). The summed E-state index contributed by atoms with van der Waals surface area (Å²) in [5.74, 6) is -0.908. The van der Waals surface area contributed by atoms with E-state index in [0.29, 0.717) is 36.7 Å². The molecule has 338 valence electrons. The first kappa shape index (κ1) is 56.1. The molecule has 0 saturated heterocycles. The number of hydrogen-bond acceptors (Lipinski definition) is 8. The summed E-state index contributed by atoms with van der Waals surface area (Å²) in [6, 6.07) is 0. The Kier molecular flexibility index (Phi) is 37.4. The summed E-state index contributed by atoms with van der Waals surface area (Å²) in [6.07, 6.45) is 46.9. The van der Waals surface area contributed by atoms with Crippen molar-refractivity contribution in [3.05, 3.63) is 85.1 Å². The van der Waals surface area contributed by atoms with Crippen LogP contribution in [0.2, 0.25) is 0 Å². The van der Waals surface area contributed by atoms with Crippen LogP contribution in [-0.4, -0.2) is 86.1 Å². The predicted molar refractivity (Wildman–Crippen MR) is 244 cm³/mol. The van der Waals surface area contributed by atoms with Crippen LogP contribution in [0.3, 0.4) is 0 Å². The lowest BCUT2D eigenvalue weighted by atomic mass is 10.1. The highest BCUT2D eigenvalue weighted by atomic mass is 31.2. The van der Waals surface area contributed by atoms with Crippen LogP contribution in [-0.2, 0) is 32.7 Å². The van der Waals surface area contributed by atoms with Crippen molar-refractivity contribution in [2.45, 2.75) is 161 Å². The number of unbranched alkanes of at least 4 members (excludes halogenated alkanes) is 11. The van der Waals surface area contributed by atoms with Crippen LogP contribution in [0, 0.1) is 0 Å². The van der Waals surface area contributed by atoms with Crippen molar-refractivity contribution in [1.29, 1.82) is 0 Å². The van der Waals surface area contributed by atoms with Gasteiger partial charge in [0.05, 0.1) is 33.9 Å². The summed E-state index contributed by atoms with van der Waals surface area (Å²) in [5, 5.41) is 9.78. The normalized spacial score (nSPS) is 14.9. The van der Waals surface area contributed by atoms with Gasteiger partial charge in [-0.1, -0.05) is 144 Å². The van der Waals surface area contributed by atoms with Crippen LogP contribution in [0.15, 0.2) is 85.1 Å². The van der Waals surface area contributed by atoms with E-state index < -0.39 is 38.6 Å². The Labute approximate surface area is 359 Å². The summed E-state index contributed by atoms with van der Waals surface area (Å²) in [7, 11) is 1.39. The van der Waals surface area contributed by atoms with E-state index in [9.17, 15) is 24.2 Å². The lowest BCUT2D eigenvalue weighted by molar-refractivity contribution is -0.870. The molecule has 0 aromatic carbocycles. The highest BCUT2D eigenvalue weighted by Gasteiger charge is 2.27. The molecule has 0 heterocycles. The molecule has 10 nitrogen and oxygen atoms in total. The van der Waals surface area contributed by atoms with Crippen molar-refractivity contribution in [2.75, 3.05) is 47.5 Å². The SMILES string of the molecule is CC/C=C\C(O)C/C=C/C=C\C/C=C\C/C=C\CCCC(=O)O[C@H](COC(=O)CCCCCCCCC/C=C\C/C=C\CCCCC)COP(=O)(O)OCC[N+](C)(C)C. The molecule has 0 fully saturated rings. The molecule has 2 unspecified atom stereocenters. The molecule has 0 aliphatic carbocycles. The fraction of sp³-hybridized carbons (Fsp3) is 0.667. The number of aliphatic hydroxyl groups excluding tert-OH is 1. The molecule has 0 amide bonds. The summed E-state index contributed by atoms with van der Waals surface area (Å²) >= 11 is 0. The first-order valence-corrected chi connectivity index (χ1v) is 23.9. The molecule has 3 atom stereocenters. The van der Waals surface area contributed by atoms with Crippen molar-refractivity contribution >= 4 is 19.8 Å². The third-order valence-electron chi connectivity index (χ3n) is 8.98. The minimum Gasteiger partial charge on any atom is -0.462 e. The predicted octanol–water partition coefficient (Wildman–Crippen LogP) is 11.8. The molecule has 0 aromatic heterocycles. The fourth-order valence-electron chi connectivity index (χ4n) is 5.45. The van der Waals surface area contributed by atoms with Gasteiger partial charge in [-0.25, -0.2) is 4.57 Å². The number of aliphatic hydroxyl groups is 1. The molecule has 0 bridgehead atoms. The second-order valence-electron chi connectivity index (χ2n) is 15.9. The summed E-state index contributed by atoms with van der Waals surface area (Å²) in [6.45, 7) is 4.05. The van der Waals surface area contributed by atoms with E-state index in [1.54, 1.807) is 0 Å². The maximum atomic E-state index is 12.7. The second kappa shape index (κ2) is 39.3. The maximum absolute atomic E-state index is 12.7. The summed E-state index contributed by atoms with van der Waals surface area (Å²) in [4.78, 5) is 35.4. The summed E-state index contributed by atoms with van der Waals surface area (Å²) < 4.78 is 34.2. The van der Waals surface area contributed by atoms with E-state index in [0.717, 1.165) is 51.4 Å². The van der Waals surface area contributed by atoms with Gasteiger partial charge in [0.25, 0.3) is 0 Å². The van der Waals surface area contributed by atoms with Gasteiger partial charge in [0.2, 0.25) is 0 Å². The maximum Gasteiger partial charge on any atom is 0.472 e. The number of phosphoric acid groups is 1. The van der Waals surface area contributed by atoms with Crippen LogP contribution >= 0.6 is 7.82 Å². The fourth-order valence-corrected chi connectivity index (χ4v) is 6.19. The Morgan fingerprint density at radius 1 is 0.627 bits per heavy atom. The molecule has 0 saturated carbocycles. The lowest BCUT2D eigenvalue weighted by Gasteiger charge is -2.24. The number of allylic oxidation sites excluding steroid dienone is 12. The molecule has 0 aliphatic rings. The van der Waals surface area contributed by atoms with Gasteiger partial charge >= 0.3 is 19.8 Å². The van der Waals surface area contributed by atoms with Crippen molar-refractivity contribution in [1.82, 2.24) is 0 Å². The molecule has 11 heteroatoms. The highest BCUT2D eigenvalue weighted by Crippen LogP contribution is 2.43. The van der Waals surface area contributed by atoms with Crippen molar-refractivity contribution in [2.24, 2.45) is 0 Å². The number of hydrogen-bond donors (Lipinski definition) is 2. The van der Waals surface area contributed by atoms with E-state index >= 15 is 0 Å². The Bertz CT molecular complexity index is 1300. The lowest BCUT2D eigenvalue weighted by Crippen LogP contribution is -2.37. The zero-order valence-corrected chi connectivity index (χ0v) is 38.5. The number of esters is 2. The van der Waals surface area contributed by atoms with Gasteiger partial charge < -0.3 is 24.0 Å². The number of carbonyl (C=O) groups is 2. The molecule has 0 aliphatic heterocycles. The van der Waals surface area contributed by atoms with Crippen LogP contribution in [0.1, 0.15) is 149 Å². The second-order valence-corrected chi connectivity index (χ2v) is 17.3. The molecule has 0 spiro atoms. The number of carbonyl (C=O) groups excluding carboxylic acids is 2. The van der Waals surface area contributed by atoms with Gasteiger partial charge in [-0.2, -0.15) is 0 Å². The number of quaternary nitrogens is 1. The van der Waals surface area contributed by atoms with E-state index in [4.69, 9.17) is 18.5 Å². The van der Waals surface area contributed by atoms with Gasteiger partial charge in [0.15, 0.2) is 6.10 Å². The summed E-state index contributed by atoms with van der Waals surface area (Å²) in [5.41, 5.74) is 0. The molecule has 0 radical (unpaired) electrons. The number of ether oxygens (including phenoxy) is 2. The van der Waals surface area contributed by atoms with Gasteiger partial charge in [-0.05, 0) is 77.0 Å². The number of likely N-dealkylation sites (N-methyl/N-ethyl adjacent to an activating group) is 1. The number of phosphoric ester groups is 1. The quantitative estimate of drug-likeness (QED) is 0.0155. The van der Waals surface area contributed by atoms with Crippen molar-refractivity contribution < 1.29 is 47.2 Å². The zero-order chi connectivity index (χ0) is 43.7. The average Bonchev–Trinajstić information content (AvgIpc) is 3.18. The third-order valence-corrected chi connectivity index (χ3v) is 9.97. The number of rotatable bonds is 39. The van der Waals surface area contributed by atoms with Gasteiger partial charge in [0.1, 0.15) is 19.8 Å². The Morgan fingerprint density at radius 3 is 1.80 bits per heavy atom. The Hall–Kier alpha value is -2.85. The van der Waals surface area contributed by atoms with Crippen molar-refractivity contribution in [3.63, 3.8) is 0 Å².